The monoisotopic (exact) mass is 386 g/mol. The van der Waals surface area contributed by atoms with Crippen molar-refractivity contribution in [1.82, 2.24) is 5.32 Å². The molecule has 3 rings (SSSR count). The normalized spacial score (nSPS) is 14.1. The largest absolute Gasteiger partial charge is 0.465 e. The number of amides is 2. The molecule has 0 spiro atoms. The van der Waals surface area contributed by atoms with Gasteiger partial charge in [-0.05, 0) is 54.8 Å². The molecule has 6 nitrogen and oxygen atoms in total. The van der Waals surface area contributed by atoms with Crippen LogP contribution in [-0.2, 0) is 20.9 Å². The molecule has 0 aromatic heterocycles. The Labute approximate surface area is 161 Å². The first-order valence-electron chi connectivity index (χ1n) is 8.47. The van der Waals surface area contributed by atoms with E-state index in [1.807, 2.05) is 12.1 Å². The number of rotatable bonds is 6. The second kappa shape index (κ2) is 7.80. The van der Waals surface area contributed by atoms with E-state index in [-0.39, 0.29) is 11.8 Å². The summed E-state index contributed by atoms with van der Waals surface area (Å²) in [5.74, 6) is -1.09. The molecule has 1 aliphatic carbocycles. The number of methoxy groups -OCH3 is 1. The summed E-state index contributed by atoms with van der Waals surface area (Å²) in [4.78, 5) is 36.6. The van der Waals surface area contributed by atoms with E-state index < -0.39 is 11.4 Å². The molecule has 2 aromatic carbocycles. The summed E-state index contributed by atoms with van der Waals surface area (Å²) in [6, 6.07) is 13.5. The lowest BCUT2D eigenvalue weighted by atomic mass is 10.0. The Hall–Kier alpha value is -2.86. The van der Waals surface area contributed by atoms with Crippen LogP contribution < -0.4 is 10.6 Å². The number of carbonyl (C=O) groups excluding carboxylic acids is 3. The minimum Gasteiger partial charge on any atom is -0.465 e. The first-order chi connectivity index (χ1) is 12.9. The lowest BCUT2D eigenvalue weighted by Gasteiger charge is -2.15. The molecule has 140 valence electrons. The fraction of sp³-hybridized carbons (Fsp3) is 0.250. The van der Waals surface area contributed by atoms with Gasteiger partial charge in [0.05, 0.1) is 12.7 Å². The number of halogens is 1. The van der Waals surface area contributed by atoms with Gasteiger partial charge in [0.2, 0.25) is 11.8 Å². The van der Waals surface area contributed by atoms with Gasteiger partial charge in [-0.1, -0.05) is 23.7 Å². The molecule has 0 aliphatic heterocycles. The number of esters is 1. The molecule has 7 heteroatoms. The Morgan fingerprint density at radius 1 is 1.00 bits per heavy atom. The molecule has 1 fully saturated rings. The van der Waals surface area contributed by atoms with Gasteiger partial charge in [-0.3, -0.25) is 9.59 Å². The smallest absolute Gasteiger partial charge is 0.337 e. The van der Waals surface area contributed by atoms with Gasteiger partial charge in [-0.25, -0.2) is 4.79 Å². The lowest BCUT2D eigenvalue weighted by molar-refractivity contribution is -0.134. The van der Waals surface area contributed by atoms with Gasteiger partial charge in [0.15, 0.2) is 0 Å². The van der Waals surface area contributed by atoms with E-state index in [0.29, 0.717) is 35.7 Å². The van der Waals surface area contributed by atoms with Crippen molar-refractivity contribution in [3.05, 3.63) is 64.7 Å². The SMILES string of the molecule is COC(=O)c1ccc(NC(=O)C2(C(=O)NCc3ccc(Cl)cc3)CC2)cc1. The highest BCUT2D eigenvalue weighted by atomic mass is 35.5. The molecule has 1 aliphatic rings. The van der Waals surface area contributed by atoms with Gasteiger partial charge in [-0.2, -0.15) is 0 Å². The fourth-order valence-electron chi connectivity index (χ4n) is 2.69. The number of anilines is 1. The Kier molecular flexibility index (Phi) is 5.46. The number of ether oxygens (including phenoxy) is 1. The average Bonchev–Trinajstić information content (AvgIpc) is 3.49. The maximum absolute atomic E-state index is 12.6. The van der Waals surface area contributed by atoms with Gasteiger partial charge < -0.3 is 15.4 Å². The molecular weight excluding hydrogens is 368 g/mol. The van der Waals surface area contributed by atoms with Crippen LogP contribution in [-0.4, -0.2) is 24.9 Å². The highest BCUT2D eigenvalue weighted by Crippen LogP contribution is 2.46. The van der Waals surface area contributed by atoms with Crippen molar-refractivity contribution < 1.29 is 19.1 Å². The van der Waals surface area contributed by atoms with Gasteiger partial charge in [0.1, 0.15) is 5.41 Å². The standard InChI is InChI=1S/C20H19ClN2O4/c1-27-17(24)14-4-8-16(9-5-14)23-19(26)20(10-11-20)18(25)22-12-13-2-6-15(21)7-3-13/h2-9H,10-12H2,1H3,(H,22,25)(H,23,26). The summed E-state index contributed by atoms with van der Waals surface area (Å²) in [6.07, 6.45) is 1.01. The van der Waals surface area contributed by atoms with Crippen molar-refractivity contribution in [3.63, 3.8) is 0 Å². The number of hydrogen-bond acceptors (Lipinski definition) is 4. The summed E-state index contributed by atoms with van der Waals surface area (Å²) < 4.78 is 4.64. The van der Waals surface area contributed by atoms with Crippen LogP contribution in [0.3, 0.4) is 0 Å². The summed E-state index contributed by atoms with van der Waals surface area (Å²) in [7, 11) is 1.30. The zero-order valence-electron chi connectivity index (χ0n) is 14.8. The van der Waals surface area contributed by atoms with Crippen LogP contribution in [0.4, 0.5) is 5.69 Å². The van der Waals surface area contributed by atoms with Crippen molar-refractivity contribution in [3.8, 4) is 0 Å². The maximum Gasteiger partial charge on any atom is 0.337 e. The van der Waals surface area contributed by atoms with Crippen LogP contribution >= 0.6 is 11.6 Å². The van der Waals surface area contributed by atoms with E-state index in [4.69, 9.17) is 11.6 Å². The number of benzene rings is 2. The van der Waals surface area contributed by atoms with Crippen molar-refractivity contribution in [2.24, 2.45) is 5.41 Å². The van der Waals surface area contributed by atoms with E-state index in [9.17, 15) is 14.4 Å². The molecule has 27 heavy (non-hydrogen) atoms. The van der Waals surface area contributed by atoms with Crippen LogP contribution in [0.25, 0.3) is 0 Å². The average molecular weight is 387 g/mol. The van der Waals surface area contributed by atoms with Crippen LogP contribution in [0.5, 0.6) is 0 Å². The van der Waals surface area contributed by atoms with Crippen LogP contribution in [0.2, 0.25) is 5.02 Å². The molecular formula is C20H19ClN2O4. The van der Waals surface area contributed by atoms with Crippen molar-refractivity contribution in [2.45, 2.75) is 19.4 Å². The third kappa shape index (κ3) is 4.28. The van der Waals surface area contributed by atoms with E-state index in [1.165, 1.54) is 7.11 Å². The van der Waals surface area contributed by atoms with Gasteiger partial charge in [0.25, 0.3) is 0 Å². The quantitative estimate of drug-likeness (QED) is 0.590. The molecule has 0 bridgehead atoms. The lowest BCUT2D eigenvalue weighted by Crippen LogP contribution is -2.39. The van der Waals surface area contributed by atoms with E-state index >= 15 is 0 Å². The second-order valence-corrected chi connectivity index (χ2v) is 6.85. The predicted molar refractivity (Wildman–Crippen MR) is 101 cm³/mol. The Bertz CT molecular complexity index is 859. The minimum atomic E-state index is -1.03. The molecule has 0 atom stereocenters. The van der Waals surface area contributed by atoms with E-state index in [2.05, 4.69) is 15.4 Å². The molecule has 0 heterocycles. The zero-order chi connectivity index (χ0) is 19.4. The van der Waals surface area contributed by atoms with Crippen molar-refractivity contribution in [2.75, 3.05) is 12.4 Å². The van der Waals surface area contributed by atoms with Crippen LogP contribution in [0.1, 0.15) is 28.8 Å². The Balaban J connectivity index is 1.59. The first kappa shape index (κ1) is 18.9. The fourth-order valence-corrected chi connectivity index (χ4v) is 2.82. The summed E-state index contributed by atoms with van der Waals surface area (Å²) >= 11 is 5.84. The summed E-state index contributed by atoms with van der Waals surface area (Å²) in [6.45, 7) is 0.332. The van der Waals surface area contributed by atoms with Crippen molar-refractivity contribution >= 4 is 35.1 Å². The highest BCUT2D eigenvalue weighted by molar-refractivity contribution is 6.30. The predicted octanol–water partition coefficient (Wildman–Crippen LogP) is 3.16. The Morgan fingerprint density at radius 2 is 1.63 bits per heavy atom. The maximum atomic E-state index is 12.6. The van der Waals surface area contributed by atoms with Gasteiger partial charge in [-0.15, -0.1) is 0 Å². The van der Waals surface area contributed by atoms with Crippen molar-refractivity contribution in [1.29, 1.82) is 0 Å². The summed E-state index contributed by atoms with van der Waals surface area (Å²) in [5, 5.41) is 6.19. The number of nitrogens with one attached hydrogen (secondary N) is 2. The zero-order valence-corrected chi connectivity index (χ0v) is 15.5. The van der Waals surface area contributed by atoms with E-state index in [1.54, 1.807) is 36.4 Å². The topological polar surface area (TPSA) is 84.5 Å². The molecule has 0 unspecified atom stereocenters. The van der Waals surface area contributed by atoms with Crippen LogP contribution in [0.15, 0.2) is 48.5 Å². The third-order valence-corrected chi connectivity index (χ3v) is 4.80. The molecule has 0 radical (unpaired) electrons. The minimum absolute atomic E-state index is 0.291. The van der Waals surface area contributed by atoms with E-state index in [0.717, 1.165) is 5.56 Å². The highest BCUT2D eigenvalue weighted by Gasteiger charge is 2.56. The molecule has 2 amide bonds. The van der Waals surface area contributed by atoms with Gasteiger partial charge in [0, 0.05) is 17.3 Å². The number of hydrogen-bond donors (Lipinski definition) is 2. The molecule has 0 saturated heterocycles. The molecule has 1 saturated carbocycles. The molecule has 2 aromatic rings. The first-order valence-corrected chi connectivity index (χ1v) is 8.85. The Morgan fingerprint density at radius 3 is 2.19 bits per heavy atom. The van der Waals surface area contributed by atoms with Gasteiger partial charge >= 0.3 is 5.97 Å². The number of carbonyl (C=O) groups is 3. The third-order valence-electron chi connectivity index (χ3n) is 4.55. The van der Waals surface area contributed by atoms with Crippen LogP contribution in [0, 0.1) is 5.41 Å². The summed E-state index contributed by atoms with van der Waals surface area (Å²) in [5.41, 5.74) is 0.775. The second-order valence-electron chi connectivity index (χ2n) is 6.41. The molecule has 2 N–H and O–H groups in total.